The summed E-state index contributed by atoms with van der Waals surface area (Å²) in [5.74, 6) is 0.0978. The van der Waals surface area contributed by atoms with Gasteiger partial charge in [-0.05, 0) is 47.3 Å². The van der Waals surface area contributed by atoms with Crippen molar-refractivity contribution in [2.24, 2.45) is 5.41 Å². The van der Waals surface area contributed by atoms with Gasteiger partial charge in [0.15, 0.2) is 0 Å². The molecule has 106 valence electrons. The van der Waals surface area contributed by atoms with Crippen molar-refractivity contribution >= 4 is 33.2 Å². The van der Waals surface area contributed by atoms with Gasteiger partial charge in [-0.15, -0.1) is 11.3 Å². The Kier molecular flexibility index (Phi) is 4.69. The number of aliphatic hydroxyl groups is 1. The van der Waals surface area contributed by atoms with E-state index in [-0.39, 0.29) is 23.5 Å². The maximum absolute atomic E-state index is 11.8. The van der Waals surface area contributed by atoms with E-state index in [1.165, 1.54) is 4.88 Å². The molecule has 1 aliphatic rings. The maximum Gasteiger partial charge on any atom is 0.220 e. The van der Waals surface area contributed by atoms with Crippen LogP contribution in [-0.4, -0.2) is 23.2 Å². The zero-order valence-electron chi connectivity index (χ0n) is 11.3. The molecular weight excluding hydrogens is 326 g/mol. The molecule has 1 aliphatic carbocycles. The van der Waals surface area contributed by atoms with Gasteiger partial charge >= 0.3 is 0 Å². The van der Waals surface area contributed by atoms with Gasteiger partial charge in [-0.25, -0.2) is 0 Å². The zero-order chi connectivity index (χ0) is 14.0. The molecule has 0 spiro atoms. The fraction of sp³-hybridized carbons (Fsp3) is 0.643. The first-order valence-corrected chi connectivity index (χ1v) is 8.22. The minimum Gasteiger partial charge on any atom is -0.392 e. The zero-order valence-corrected chi connectivity index (χ0v) is 13.7. The molecule has 0 bridgehead atoms. The quantitative estimate of drug-likeness (QED) is 0.861. The standard InChI is InChI=1S/C14H20BrNO2S/c1-14(2)10(8-11(14)17)16-13(18)5-3-4-9-6-7-12(15)19-9/h6-7,10-11,17H,3-5,8H2,1-2H3,(H,16,18). The number of thiophene rings is 1. The monoisotopic (exact) mass is 345 g/mol. The minimum absolute atomic E-state index is 0.0978. The first kappa shape index (κ1) is 15.0. The molecule has 0 saturated heterocycles. The summed E-state index contributed by atoms with van der Waals surface area (Å²) in [4.78, 5) is 13.1. The summed E-state index contributed by atoms with van der Waals surface area (Å²) in [6, 6.07) is 4.25. The van der Waals surface area contributed by atoms with Crippen LogP contribution in [0.2, 0.25) is 0 Å². The van der Waals surface area contributed by atoms with Crippen LogP contribution in [0.3, 0.4) is 0 Å². The summed E-state index contributed by atoms with van der Waals surface area (Å²) in [5.41, 5.74) is -0.186. The SMILES string of the molecule is CC1(C)C(O)CC1NC(=O)CCCc1ccc(Br)s1. The molecule has 0 aromatic carbocycles. The molecule has 1 aromatic rings. The van der Waals surface area contributed by atoms with Crippen molar-refractivity contribution in [1.29, 1.82) is 0 Å². The second-order valence-corrected chi connectivity index (χ2v) is 8.30. The molecule has 1 heterocycles. The van der Waals surface area contributed by atoms with Crippen molar-refractivity contribution in [2.75, 3.05) is 0 Å². The Morgan fingerprint density at radius 1 is 1.58 bits per heavy atom. The van der Waals surface area contributed by atoms with Crippen LogP contribution in [-0.2, 0) is 11.2 Å². The summed E-state index contributed by atoms with van der Waals surface area (Å²) in [5, 5.41) is 12.7. The third-order valence-electron chi connectivity index (χ3n) is 4.01. The molecule has 19 heavy (non-hydrogen) atoms. The van der Waals surface area contributed by atoms with Crippen molar-refractivity contribution < 1.29 is 9.90 Å². The highest BCUT2D eigenvalue weighted by molar-refractivity contribution is 9.11. The number of nitrogens with one attached hydrogen (secondary N) is 1. The third kappa shape index (κ3) is 3.58. The van der Waals surface area contributed by atoms with Gasteiger partial charge in [0.1, 0.15) is 0 Å². The van der Waals surface area contributed by atoms with Gasteiger partial charge in [0, 0.05) is 22.8 Å². The van der Waals surface area contributed by atoms with E-state index in [0.717, 1.165) is 16.6 Å². The van der Waals surface area contributed by atoms with Gasteiger partial charge in [-0.2, -0.15) is 0 Å². The number of hydrogen-bond acceptors (Lipinski definition) is 3. The average molecular weight is 346 g/mol. The lowest BCUT2D eigenvalue weighted by Crippen LogP contribution is -2.61. The Labute approximate surface area is 126 Å². The van der Waals surface area contributed by atoms with E-state index >= 15 is 0 Å². The van der Waals surface area contributed by atoms with Crippen LogP contribution in [0.5, 0.6) is 0 Å². The summed E-state index contributed by atoms with van der Waals surface area (Å²) in [7, 11) is 0. The molecule has 2 atom stereocenters. The van der Waals surface area contributed by atoms with Crippen LogP contribution >= 0.6 is 27.3 Å². The van der Waals surface area contributed by atoms with Gasteiger partial charge in [0.05, 0.1) is 9.89 Å². The van der Waals surface area contributed by atoms with E-state index < -0.39 is 0 Å². The highest BCUT2D eigenvalue weighted by Gasteiger charge is 2.47. The van der Waals surface area contributed by atoms with Crippen LogP contribution < -0.4 is 5.32 Å². The van der Waals surface area contributed by atoms with E-state index in [9.17, 15) is 9.90 Å². The van der Waals surface area contributed by atoms with E-state index in [0.29, 0.717) is 12.8 Å². The fourth-order valence-electron chi connectivity index (χ4n) is 2.32. The molecule has 5 heteroatoms. The molecule has 0 aliphatic heterocycles. The van der Waals surface area contributed by atoms with Crippen molar-refractivity contribution in [3.63, 3.8) is 0 Å². The minimum atomic E-state index is -0.290. The van der Waals surface area contributed by atoms with E-state index in [2.05, 4.69) is 27.3 Å². The second kappa shape index (κ2) is 5.94. The molecule has 2 N–H and O–H groups in total. The number of aliphatic hydroxyl groups excluding tert-OH is 1. The Morgan fingerprint density at radius 3 is 2.84 bits per heavy atom. The lowest BCUT2D eigenvalue weighted by molar-refractivity contribution is -0.129. The maximum atomic E-state index is 11.8. The van der Waals surface area contributed by atoms with Gasteiger partial charge < -0.3 is 10.4 Å². The van der Waals surface area contributed by atoms with Gasteiger partial charge in [0.25, 0.3) is 0 Å². The Morgan fingerprint density at radius 2 is 2.32 bits per heavy atom. The third-order valence-corrected chi connectivity index (χ3v) is 5.69. The van der Waals surface area contributed by atoms with Crippen LogP contribution in [0.1, 0.15) is 38.0 Å². The number of amides is 1. The molecule has 2 rings (SSSR count). The summed E-state index contributed by atoms with van der Waals surface area (Å²) in [6.45, 7) is 3.99. The predicted molar refractivity (Wildman–Crippen MR) is 81.3 cm³/mol. The van der Waals surface area contributed by atoms with E-state index in [1.54, 1.807) is 11.3 Å². The lowest BCUT2D eigenvalue weighted by Gasteiger charge is -2.49. The van der Waals surface area contributed by atoms with Crippen molar-refractivity contribution in [1.82, 2.24) is 5.32 Å². The molecule has 1 fully saturated rings. The molecule has 1 aromatic heterocycles. The number of rotatable bonds is 5. The number of carbonyl (C=O) groups is 1. The van der Waals surface area contributed by atoms with Crippen LogP contribution in [0.25, 0.3) is 0 Å². The predicted octanol–water partition coefficient (Wildman–Crippen LogP) is 3.11. The highest BCUT2D eigenvalue weighted by Crippen LogP contribution is 2.40. The normalized spacial score (nSPS) is 24.8. The first-order chi connectivity index (χ1) is 8.89. The van der Waals surface area contributed by atoms with Gasteiger partial charge in [-0.3, -0.25) is 4.79 Å². The molecule has 3 nitrogen and oxygen atoms in total. The largest absolute Gasteiger partial charge is 0.392 e. The topological polar surface area (TPSA) is 49.3 Å². The fourth-order valence-corrected chi connectivity index (χ4v) is 3.85. The number of hydrogen-bond donors (Lipinski definition) is 2. The van der Waals surface area contributed by atoms with Gasteiger partial charge in [0.2, 0.25) is 5.91 Å². The summed E-state index contributed by atoms with van der Waals surface area (Å²) in [6.07, 6.45) is 2.75. The van der Waals surface area contributed by atoms with Crippen molar-refractivity contribution in [3.05, 3.63) is 20.8 Å². The Balaban J connectivity index is 1.68. The van der Waals surface area contributed by atoms with Crippen molar-refractivity contribution in [3.8, 4) is 0 Å². The van der Waals surface area contributed by atoms with E-state index in [1.807, 2.05) is 19.9 Å². The second-order valence-electron chi connectivity index (χ2n) is 5.75. The van der Waals surface area contributed by atoms with E-state index in [4.69, 9.17) is 0 Å². The summed E-state index contributed by atoms with van der Waals surface area (Å²) >= 11 is 5.16. The van der Waals surface area contributed by atoms with Gasteiger partial charge in [-0.1, -0.05) is 13.8 Å². The molecule has 0 radical (unpaired) electrons. The van der Waals surface area contributed by atoms with Crippen LogP contribution in [0.4, 0.5) is 0 Å². The Hall–Kier alpha value is -0.390. The average Bonchev–Trinajstić information content (AvgIpc) is 2.75. The van der Waals surface area contributed by atoms with Crippen LogP contribution in [0, 0.1) is 5.41 Å². The molecule has 1 saturated carbocycles. The Bertz CT molecular complexity index is 458. The van der Waals surface area contributed by atoms with Crippen molar-refractivity contribution in [2.45, 2.75) is 51.7 Å². The van der Waals surface area contributed by atoms with Crippen LogP contribution in [0.15, 0.2) is 15.9 Å². The lowest BCUT2D eigenvalue weighted by atomic mass is 9.64. The molecule has 1 amide bonds. The number of carbonyl (C=O) groups excluding carboxylic acids is 1. The summed E-state index contributed by atoms with van der Waals surface area (Å²) < 4.78 is 1.14. The highest BCUT2D eigenvalue weighted by atomic mass is 79.9. The number of aryl methyl sites for hydroxylation is 1. The smallest absolute Gasteiger partial charge is 0.220 e. The molecule has 2 unspecified atom stereocenters. The first-order valence-electron chi connectivity index (χ1n) is 6.61. The number of halogens is 1. The molecular formula is C14H20BrNO2S.